The molecule has 1 aliphatic heterocycles. The number of methoxy groups -OCH3 is 2. The molecule has 0 unspecified atom stereocenters. The van der Waals surface area contributed by atoms with Gasteiger partial charge in [-0.05, 0) is 49.4 Å². The second-order valence-electron chi connectivity index (χ2n) is 11.4. The molecule has 2 atom stereocenters. The lowest BCUT2D eigenvalue weighted by molar-refractivity contribution is 0.0606. The van der Waals surface area contributed by atoms with Crippen LogP contribution in [-0.2, 0) is 22.9 Å². The Morgan fingerprint density at radius 3 is 2.55 bits per heavy atom. The van der Waals surface area contributed by atoms with Crippen LogP contribution in [0.15, 0.2) is 30.3 Å². The molecule has 2 N–H and O–H groups in total. The van der Waals surface area contributed by atoms with E-state index in [1.165, 1.54) is 18.3 Å². The fourth-order valence-corrected chi connectivity index (χ4v) is 6.27. The number of piperidine rings is 1. The van der Waals surface area contributed by atoms with Crippen LogP contribution in [0, 0.1) is 5.92 Å². The van der Waals surface area contributed by atoms with Gasteiger partial charge < -0.3 is 29.2 Å². The standard InChI is InChI=1S/C29H35FN6O5S/c1-40-24-12-19(29(37)34-15-20(30)13-21(31)16-34)10-22-26(24)35(8-9-42(3,38)39)28(32-22)23-11-18-6-7-25(41-2)33-27(18)36(23)14-17-4-5-17/h6-7,10-12,17,20-21H,4-5,8-9,13-16,31H2,1-3H3/t20-,21-/m1/s1. The van der Waals surface area contributed by atoms with Gasteiger partial charge in [0.2, 0.25) is 5.88 Å². The Balaban J connectivity index is 1.53. The number of carbonyl (C=O) groups is 1. The van der Waals surface area contributed by atoms with Crippen LogP contribution in [0.25, 0.3) is 33.6 Å². The Bertz CT molecular complexity index is 1770. The van der Waals surface area contributed by atoms with Crippen molar-refractivity contribution in [2.45, 2.75) is 44.6 Å². The van der Waals surface area contributed by atoms with Gasteiger partial charge in [-0.2, -0.15) is 4.98 Å². The minimum atomic E-state index is -3.32. The first-order chi connectivity index (χ1) is 20.0. The number of amides is 1. The van der Waals surface area contributed by atoms with Crippen molar-refractivity contribution in [3.8, 4) is 23.1 Å². The number of nitrogens with two attached hydrogens (primary N) is 1. The van der Waals surface area contributed by atoms with Gasteiger partial charge in [0.05, 0.1) is 37.7 Å². The van der Waals surface area contributed by atoms with E-state index in [1.807, 2.05) is 16.7 Å². The van der Waals surface area contributed by atoms with Crippen molar-refractivity contribution < 1.29 is 27.1 Å². The minimum Gasteiger partial charge on any atom is -0.494 e. The number of aryl methyl sites for hydroxylation is 1. The molecule has 1 saturated heterocycles. The smallest absolute Gasteiger partial charge is 0.254 e. The van der Waals surface area contributed by atoms with Gasteiger partial charge in [-0.1, -0.05) is 0 Å². The SMILES string of the molecule is COc1ccc2cc(-c3nc4cc(C(=O)N5C[C@H](N)C[C@@H](F)C5)cc(OC)c4n3CCS(C)(=O)=O)n(CC3CC3)c2n1. The summed E-state index contributed by atoms with van der Waals surface area (Å²) < 4.78 is 53.9. The second-order valence-corrected chi connectivity index (χ2v) is 13.7. The highest BCUT2D eigenvalue weighted by molar-refractivity contribution is 7.90. The zero-order valence-electron chi connectivity index (χ0n) is 23.9. The van der Waals surface area contributed by atoms with Gasteiger partial charge >= 0.3 is 0 Å². The van der Waals surface area contributed by atoms with Crippen LogP contribution in [0.3, 0.4) is 0 Å². The van der Waals surface area contributed by atoms with Gasteiger partial charge in [-0.25, -0.2) is 17.8 Å². The Labute approximate surface area is 243 Å². The van der Waals surface area contributed by atoms with E-state index in [4.69, 9.17) is 25.2 Å². The number of rotatable bonds is 9. The number of fused-ring (bicyclic) bond motifs is 2. The van der Waals surface area contributed by atoms with Crippen molar-refractivity contribution in [1.82, 2.24) is 24.0 Å². The molecule has 1 aromatic carbocycles. The van der Waals surface area contributed by atoms with Crippen LogP contribution in [0.5, 0.6) is 11.6 Å². The Kier molecular flexibility index (Phi) is 7.34. The fourth-order valence-electron chi connectivity index (χ4n) is 5.75. The third-order valence-electron chi connectivity index (χ3n) is 7.97. The van der Waals surface area contributed by atoms with Gasteiger partial charge in [-0.3, -0.25) is 4.79 Å². The molecule has 224 valence electrons. The van der Waals surface area contributed by atoms with E-state index in [1.54, 1.807) is 25.3 Å². The van der Waals surface area contributed by atoms with Crippen LogP contribution in [0.2, 0.25) is 0 Å². The zero-order valence-corrected chi connectivity index (χ0v) is 24.7. The van der Waals surface area contributed by atoms with Gasteiger partial charge in [0.25, 0.3) is 5.91 Å². The zero-order chi connectivity index (χ0) is 29.8. The number of benzene rings is 1. The lowest BCUT2D eigenvalue weighted by atomic mass is 10.0. The molecule has 0 radical (unpaired) electrons. The first kappa shape index (κ1) is 28.4. The van der Waals surface area contributed by atoms with Crippen molar-refractivity contribution in [3.05, 3.63) is 35.9 Å². The van der Waals surface area contributed by atoms with E-state index in [0.29, 0.717) is 40.0 Å². The molecule has 1 aliphatic carbocycles. The Morgan fingerprint density at radius 1 is 1.10 bits per heavy atom. The maximum atomic E-state index is 14.3. The molecule has 13 heteroatoms. The number of ether oxygens (including phenoxy) is 2. The van der Waals surface area contributed by atoms with Crippen LogP contribution in [0.1, 0.15) is 29.6 Å². The van der Waals surface area contributed by atoms with Gasteiger partial charge in [0.1, 0.15) is 32.9 Å². The van der Waals surface area contributed by atoms with Crippen molar-refractivity contribution in [1.29, 1.82) is 0 Å². The predicted octanol–water partition coefficient (Wildman–Crippen LogP) is 3.04. The van der Waals surface area contributed by atoms with E-state index in [9.17, 15) is 17.6 Å². The number of hydrogen-bond donors (Lipinski definition) is 1. The molecule has 1 saturated carbocycles. The lowest BCUT2D eigenvalue weighted by Gasteiger charge is -2.33. The van der Waals surface area contributed by atoms with E-state index in [0.717, 1.165) is 36.1 Å². The summed E-state index contributed by atoms with van der Waals surface area (Å²) in [5.74, 6) is 1.43. The minimum absolute atomic E-state index is 0.0291. The summed E-state index contributed by atoms with van der Waals surface area (Å²) in [6, 6.07) is 8.56. The topological polar surface area (TPSA) is 135 Å². The molecule has 11 nitrogen and oxygen atoms in total. The molecule has 3 aromatic heterocycles. The summed E-state index contributed by atoms with van der Waals surface area (Å²) in [6.07, 6.45) is 2.46. The third kappa shape index (κ3) is 5.54. The van der Waals surface area contributed by atoms with E-state index < -0.39 is 22.1 Å². The number of halogens is 1. The number of carbonyl (C=O) groups excluding carboxylic acids is 1. The second kappa shape index (κ2) is 10.8. The normalized spacial score (nSPS) is 19.5. The van der Waals surface area contributed by atoms with Crippen molar-refractivity contribution >= 4 is 37.8 Å². The van der Waals surface area contributed by atoms with Gasteiger partial charge in [0.15, 0.2) is 5.82 Å². The first-order valence-corrected chi connectivity index (χ1v) is 16.1. The van der Waals surface area contributed by atoms with Crippen LogP contribution >= 0.6 is 0 Å². The highest BCUT2D eigenvalue weighted by Crippen LogP contribution is 2.38. The molecule has 0 spiro atoms. The summed E-state index contributed by atoms with van der Waals surface area (Å²) in [6.45, 7) is 1.08. The molecular weight excluding hydrogens is 563 g/mol. The maximum absolute atomic E-state index is 14.3. The molecular formula is C29H35FN6O5S. The van der Waals surface area contributed by atoms with Crippen LogP contribution in [0.4, 0.5) is 4.39 Å². The number of alkyl halides is 1. The molecule has 2 fully saturated rings. The van der Waals surface area contributed by atoms with Gasteiger partial charge in [0, 0.05) is 48.9 Å². The van der Waals surface area contributed by atoms with Crippen LogP contribution < -0.4 is 15.2 Å². The molecule has 0 bridgehead atoms. The van der Waals surface area contributed by atoms with Crippen LogP contribution in [-0.4, -0.2) is 89.9 Å². The number of hydrogen-bond acceptors (Lipinski definition) is 8. The number of imidazole rings is 1. The first-order valence-electron chi connectivity index (χ1n) is 14.0. The number of sulfone groups is 1. The van der Waals surface area contributed by atoms with Crippen molar-refractivity contribution in [3.63, 3.8) is 0 Å². The summed E-state index contributed by atoms with van der Waals surface area (Å²) in [5, 5.41) is 0.901. The summed E-state index contributed by atoms with van der Waals surface area (Å²) in [4.78, 5) is 24.6. The average Bonchev–Trinajstić information content (AvgIpc) is 3.59. The third-order valence-corrected chi connectivity index (χ3v) is 8.90. The van der Waals surface area contributed by atoms with Crippen molar-refractivity contribution in [2.75, 3.05) is 39.3 Å². The monoisotopic (exact) mass is 598 g/mol. The lowest BCUT2D eigenvalue weighted by Crippen LogP contribution is -2.50. The Hall–Kier alpha value is -3.71. The van der Waals surface area contributed by atoms with Gasteiger partial charge in [-0.15, -0.1) is 0 Å². The van der Waals surface area contributed by atoms with E-state index in [2.05, 4.69) is 4.57 Å². The quantitative estimate of drug-likeness (QED) is 0.311. The number of likely N-dealkylation sites (tertiary alicyclic amines) is 1. The molecule has 4 heterocycles. The summed E-state index contributed by atoms with van der Waals surface area (Å²) >= 11 is 0. The fraction of sp³-hybridized carbons (Fsp3) is 0.483. The molecule has 4 aromatic rings. The number of pyridine rings is 1. The molecule has 6 rings (SSSR count). The number of aromatic nitrogens is 4. The molecule has 1 amide bonds. The predicted molar refractivity (Wildman–Crippen MR) is 157 cm³/mol. The highest BCUT2D eigenvalue weighted by Gasteiger charge is 2.31. The maximum Gasteiger partial charge on any atom is 0.254 e. The summed E-state index contributed by atoms with van der Waals surface area (Å²) in [5.41, 5.74) is 8.86. The molecule has 42 heavy (non-hydrogen) atoms. The van der Waals surface area contributed by atoms with E-state index >= 15 is 0 Å². The van der Waals surface area contributed by atoms with E-state index in [-0.39, 0.29) is 37.7 Å². The summed E-state index contributed by atoms with van der Waals surface area (Å²) in [7, 11) is -0.255. The largest absolute Gasteiger partial charge is 0.494 e. The Morgan fingerprint density at radius 2 is 1.88 bits per heavy atom. The van der Waals surface area contributed by atoms with Crippen molar-refractivity contribution in [2.24, 2.45) is 11.7 Å². The molecule has 2 aliphatic rings. The average molecular weight is 599 g/mol. The highest BCUT2D eigenvalue weighted by atomic mass is 32.2. The number of nitrogens with zero attached hydrogens (tertiary/aromatic N) is 5.